The predicted octanol–water partition coefficient (Wildman–Crippen LogP) is 12.8. The highest BCUT2D eigenvalue weighted by Crippen LogP contribution is 2.47. The van der Waals surface area contributed by atoms with Crippen LogP contribution in [0.1, 0.15) is 5.56 Å². The maximum Gasteiger partial charge on any atom is 0.503 e. The molecule has 10 rings (SSSR count). The number of nitrogens with zero attached hydrogens (tertiary/aromatic N) is 4. The average molecular weight is 721 g/mol. The van der Waals surface area contributed by atoms with Gasteiger partial charge in [-0.3, -0.25) is 0 Å². The molecule has 0 fully saturated rings. The highest BCUT2D eigenvalue weighted by atomic mass is 16.5. The Labute approximate surface area is 325 Å². The summed E-state index contributed by atoms with van der Waals surface area (Å²) in [7, 11) is 0. The molecule has 0 spiro atoms. The number of rotatable bonds is 8. The third-order valence-corrected chi connectivity index (χ3v) is 10.3. The first kappa shape index (κ1) is 32.9. The van der Waals surface area contributed by atoms with Gasteiger partial charge < -0.3 is 4.74 Å². The van der Waals surface area contributed by atoms with Gasteiger partial charge >= 0.3 is 17.7 Å². The average Bonchev–Trinajstić information content (AvgIpc) is 3.91. The zero-order valence-corrected chi connectivity index (χ0v) is 30.7. The molecule has 8 aromatic rings. The molecule has 0 N–H and O–H groups in total. The largest absolute Gasteiger partial charge is 0.503 e. The lowest BCUT2D eigenvalue weighted by atomic mass is 9.95. The lowest BCUT2D eigenvalue weighted by Gasteiger charge is -2.11. The molecule has 0 saturated heterocycles. The van der Waals surface area contributed by atoms with Crippen molar-refractivity contribution < 1.29 is 13.9 Å². The molecule has 0 aromatic heterocycles. The summed E-state index contributed by atoms with van der Waals surface area (Å²) in [5.41, 5.74) is 11.9. The van der Waals surface area contributed by atoms with Crippen molar-refractivity contribution in [2.24, 2.45) is 0 Å². The number of benzene rings is 8. The van der Waals surface area contributed by atoms with Crippen LogP contribution in [-0.2, 0) is 0 Å². The molecule has 56 heavy (non-hydrogen) atoms. The Kier molecular flexibility index (Phi) is 8.20. The summed E-state index contributed by atoms with van der Waals surface area (Å²) in [6.45, 7) is 2.09. The summed E-state index contributed by atoms with van der Waals surface area (Å²) in [4.78, 5) is 0. The van der Waals surface area contributed by atoms with Crippen LogP contribution in [0.3, 0.4) is 0 Å². The number of hydrogen-bond donors (Lipinski definition) is 0. The molecule has 0 radical (unpaired) electrons. The molecule has 2 heterocycles. The molecule has 5 nitrogen and oxygen atoms in total. The minimum atomic E-state index is 0.725. The number of aryl methyl sites for hydroxylation is 1. The van der Waals surface area contributed by atoms with Gasteiger partial charge in [0.25, 0.3) is 18.1 Å². The van der Waals surface area contributed by atoms with E-state index in [0.29, 0.717) is 0 Å². The zero-order valence-electron chi connectivity index (χ0n) is 30.7. The maximum absolute atomic E-state index is 6.57. The Morgan fingerprint density at radius 3 is 1.71 bits per heavy atom. The van der Waals surface area contributed by atoms with E-state index in [4.69, 9.17) is 4.74 Å². The van der Waals surface area contributed by atoms with Crippen molar-refractivity contribution in [3.05, 3.63) is 206 Å². The SMILES string of the molecule is Cc1ccc([N+]2=C=[N+](c3cccc(Oc4cccc([N+]5=C=[N+](c6c(-c7ccccc7)cccc6-c6ccccc6)c6c5ccc5ccccc65)c4)c3)C=C2)cc1. The Morgan fingerprint density at radius 1 is 0.429 bits per heavy atom. The molecule has 0 bridgehead atoms. The van der Waals surface area contributed by atoms with Gasteiger partial charge in [-0.15, -0.1) is 0 Å². The molecule has 8 aromatic carbocycles. The van der Waals surface area contributed by atoms with Crippen molar-refractivity contribution in [2.75, 3.05) is 0 Å². The van der Waals surface area contributed by atoms with E-state index in [1.807, 2.05) is 51.9 Å². The van der Waals surface area contributed by atoms with Gasteiger partial charge in [-0.25, -0.2) is 0 Å². The molecule has 262 valence electrons. The molecular weight excluding hydrogens is 685 g/mol. The maximum atomic E-state index is 6.57. The van der Waals surface area contributed by atoms with Crippen LogP contribution in [0.15, 0.2) is 200 Å². The minimum Gasteiger partial charge on any atom is -0.457 e. The van der Waals surface area contributed by atoms with Gasteiger partial charge in [0.15, 0.2) is 0 Å². The third-order valence-electron chi connectivity index (χ3n) is 10.3. The van der Waals surface area contributed by atoms with Crippen molar-refractivity contribution in [3.8, 4) is 33.8 Å². The van der Waals surface area contributed by atoms with Gasteiger partial charge in [-0.2, -0.15) is 0 Å². The summed E-state index contributed by atoms with van der Waals surface area (Å²) in [5.74, 6) is 1.46. The summed E-state index contributed by atoms with van der Waals surface area (Å²) < 4.78 is 14.9. The first-order valence-corrected chi connectivity index (χ1v) is 18.8. The van der Waals surface area contributed by atoms with E-state index in [1.54, 1.807) is 0 Å². The summed E-state index contributed by atoms with van der Waals surface area (Å²) in [5, 5.41) is 2.32. The highest BCUT2D eigenvalue weighted by Gasteiger charge is 2.41. The van der Waals surface area contributed by atoms with Crippen LogP contribution in [0.2, 0.25) is 0 Å². The lowest BCUT2D eigenvalue weighted by Crippen LogP contribution is -2.05. The van der Waals surface area contributed by atoms with Gasteiger partial charge in [-0.1, -0.05) is 124 Å². The van der Waals surface area contributed by atoms with Gasteiger partial charge in [0.2, 0.25) is 22.7 Å². The normalized spacial score (nSPS) is 12.9. The monoisotopic (exact) mass is 720 g/mol. The highest BCUT2D eigenvalue weighted by molar-refractivity contribution is 6.06. The Balaban J connectivity index is 1.10. The molecule has 0 aliphatic carbocycles. The van der Waals surface area contributed by atoms with Crippen molar-refractivity contribution in [2.45, 2.75) is 6.92 Å². The van der Waals surface area contributed by atoms with Crippen LogP contribution < -0.4 is 13.9 Å². The van der Waals surface area contributed by atoms with E-state index in [2.05, 4.69) is 186 Å². The van der Waals surface area contributed by atoms with Gasteiger partial charge in [0, 0.05) is 30.3 Å². The van der Waals surface area contributed by atoms with E-state index in [0.717, 1.165) is 73.3 Å². The second-order valence-corrected chi connectivity index (χ2v) is 13.9. The van der Waals surface area contributed by atoms with Gasteiger partial charge in [0.1, 0.15) is 11.5 Å². The van der Waals surface area contributed by atoms with Crippen LogP contribution in [0.5, 0.6) is 11.5 Å². The standard InChI is InChI=1S/C51H36N4O/c1-37-25-28-41(29-26-37)52-31-32-53(35-52)42-18-10-20-44(33-42)56-45-21-11-19-43(34-45)54-36-55(51-48-22-9-8-17-40(48)27-30-49(51)54)50-46(38-13-4-2-5-14-38)23-12-24-47(50)39-15-6-3-7-16-39/h2-34H,1H3/q+4. The predicted molar refractivity (Wildman–Crippen MR) is 227 cm³/mol. The van der Waals surface area contributed by atoms with Crippen LogP contribution in [0, 0.1) is 6.92 Å². The second-order valence-electron chi connectivity index (χ2n) is 13.9. The zero-order chi connectivity index (χ0) is 37.4. The van der Waals surface area contributed by atoms with Crippen LogP contribution in [0.4, 0.5) is 34.1 Å². The van der Waals surface area contributed by atoms with Crippen LogP contribution in [0.25, 0.3) is 33.0 Å². The number of ether oxygens (including phenoxy) is 1. The van der Waals surface area contributed by atoms with E-state index in [-0.39, 0.29) is 0 Å². The van der Waals surface area contributed by atoms with Gasteiger partial charge in [-0.05, 0) is 69.0 Å². The molecule has 0 amide bonds. The quantitative estimate of drug-likeness (QED) is 0.143. The van der Waals surface area contributed by atoms with Crippen molar-refractivity contribution in [1.82, 2.24) is 9.15 Å². The molecule has 2 aliphatic rings. The number of hydrogen-bond acceptors (Lipinski definition) is 1. The number of fused-ring (bicyclic) bond motifs is 3. The fraction of sp³-hybridized carbons (Fsp3) is 0.0196. The first-order valence-electron chi connectivity index (χ1n) is 18.8. The molecule has 2 aliphatic heterocycles. The Morgan fingerprint density at radius 2 is 1.02 bits per heavy atom. The first-order chi connectivity index (χ1) is 27.7. The third kappa shape index (κ3) is 6.06. The van der Waals surface area contributed by atoms with E-state index in [1.165, 1.54) is 10.9 Å². The van der Waals surface area contributed by atoms with E-state index in [9.17, 15) is 0 Å². The van der Waals surface area contributed by atoms with Crippen molar-refractivity contribution >= 4 is 56.9 Å². The molecule has 0 unspecified atom stereocenters. The smallest absolute Gasteiger partial charge is 0.457 e. The number of para-hydroxylation sites is 1. The van der Waals surface area contributed by atoms with Crippen molar-refractivity contribution in [3.63, 3.8) is 0 Å². The summed E-state index contributed by atoms with van der Waals surface area (Å²) >= 11 is 0. The summed E-state index contributed by atoms with van der Waals surface area (Å²) in [6.07, 6.45) is 4.01. The molecule has 0 atom stereocenters. The fourth-order valence-corrected chi connectivity index (χ4v) is 7.54. The van der Waals surface area contributed by atoms with Crippen LogP contribution in [-0.4, -0.2) is 21.2 Å². The van der Waals surface area contributed by atoms with E-state index >= 15 is 0 Å². The summed E-state index contributed by atoms with van der Waals surface area (Å²) in [6, 6.07) is 72.8. The minimum absolute atomic E-state index is 0.725. The van der Waals surface area contributed by atoms with Crippen LogP contribution >= 0.6 is 0 Å². The second kappa shape index (κ2) is 13.9. The molecule has 5 heteroatoms. The van der Waals surface area contributed by atoms with E-state index < -0.39 is 0 Å². The Hall–Kier alpha value is -7.68. The lowest BCUT2D eigenvalue weighted by molar-refractivity contribution is -0.387. The molecule has 0 saturated carbocycles. The van der Waals surface area contributed by atoms with Crippen molar-refractivity contribution in [1.29, 1.82) is 0 Å². The fourth-order valence-electron chi connectivity index (χ4n) is 7.54. The van der Waals surface area contributed by atoms with Gasteiger partial charge in [0.05, 0.1) is 28.6 Å². The molecular formula is C51H36N4O+4. The Bertz CT molecular complexity index is 2950. The topological polar surface area (TPSA) is 21.3 Å².